The Balaban J connectivity index is 1.33. The highest BCUT2D eigenvalue weighted by Gasteiger charge is 2.64. The Labute approximate surface area is 174 Å². The van der Waals surface area contributed by atoms with Gasteiger partial charge in [-0.15, -0.1) is 0 Å². The molecule has 3 unspecified atom stereocenters. The highest BCUT2D eigenvalue weighted by Crippen LogP contribution is 2.59. The normalized spacial score (nSPS) is 24.1. The van der Waals surface area contributed by atoms with Gasteiger partial charge in [-0.1, -0.05) is 24.6 Å². The topological polar surface area (TPSA) is 95.9 Å². The fraction of sp³-hybridized carbons (Fsp3) is 0.348. The maximum atomic E-state index is 12.6. The summed E-state index contributed by atoms with van der Waals surface area (Å²) in [7, 11) is 0. The molecule has 0 radical (unpaired) electrons. The summed E-state index contributed by atoms with van der Waals surface area (Å²) in [5, 5.41) is 12.0. The van der Waals surface area contributed by atoms with Crippen LogP contribution in [0, 0.1) is 12.3 Å². The molecule has 2 aromatic carbocycles. The molecule has 0 spiro atoms. The Morgan fingerprint density at radius 3 is 2.27 bits per heavy atom. The van der Waals surface area contributed by atoms with E-state index in [9.17, 15) is 19.5 Å². The number of rotatable bonds is 6. The largest absolute Gasteiger partial charge is 0.480 e. The van der Waals surface area contributed by atoms with Gasteiger partial charge in [0.25, 0.3) is 5.91 Å². The van der Waals surface area contributed by atoms with E-state index in [1.54, 1.807) is 24.3 Å². The molecule has 2 fully saturated rings. The molecule has 7 heteroatoms. The Morgan fingerprint density at radius 2 is 1.67 bits per heavy atom. The van der Waals surface area contributed by atoms with Crippen molar-refractivity contribution in [2.45, 2.75) is 38.8 Å². The van der Waals surface area contributed by atoms with Gasteiger partial charge in [0.1, 0.15) is 17.5 Å². The monoisotopic (exact) mass is 408 g/mol. The molecular weight excluding hydrogens is 384 g/mol. The molecule has 1 aliphatic carbocycles. The van der Waals surface area contributed by atoms with E-state index in [0.29, 0.717) is 23.5 Å². The molecule has 3 atom stereocenters. The van der Waals surface area contributed by atoms with Crippen LogP contribution < -0.4 is 10.1 Å². The Kier molecular flexibility index (Phi) is 4.97. The van der Waals surface area contributed by atoms with Crippen molar-refractivity contribution in [1.29, 1.82) is 0 Å². The van der Waals surface area contributed by atoms with E-state index in [1.165, 1.54) is 4.90 Å². The third-order valence-corrected chi connectivity index (χ3v) is 5.98. The summed E-state index contributed by atoms with van der Waals surface area (Å²) < 4.78 is 5.75. The van der Waals surface area contributed by atoms with Crippen LogP contribution in [0.2, 0.25) is 0 Å². The standard InChI is InChI=1S/C23H24N2O5/c1-14-3-7-16(8-4-14)30-17-9-5-15(6-10-17)21(27)24-13-20(26)25-18(22(28)29)11-23(2)12-19(23)25/h3-10,18-19H,11-13H2,1-2H3,(H,24,27)(H,28,29). The number of fused-ring (bicyclic) bond motifs is 1. The number of piperidine rings is 1. The lowest BCUT2D eigenvalue weighted by atomic mass is 10.0. The van der Waals surface area contributed by atoms with E-state index in [1.807, 2.05) is 38.1 Å². The highest BCUT2D eigenvalue weighted by molar-refractivity contribution is 5.97. The number of aryl methyl sites for hydroxylation is 1. The highest BCUT2D eigenvalue weighted by atomic mass is 16.5. The van der Waals surface area contributed by atoms with Crippen LogP contribution in [-0.2, 0) is 9.59 Å². The molecule has 1 aliphatic heterocycles. The van der Waals surface area contributed by atoms with Crippen LogP contribution in [0.3, 0.4) is 0 Å². The number of hydrogen-bond acceptors (Lipinski definition) is 4. The van der Waals surface area contributed by atoms with Gasteiger partial charge in [-0.2, -0.15) is 0 Å². The van der Waals surface area contributed by atoms with Gasteiger partial charge in [0.2, 0.25) is 5.91 Å². The molecule has 0 aromatic heterocycles. The van der Waals surface area contributed by atoms with Crippen molar-refractivity contribution in [2.75, 3.05) is 6.54 Å². The smallest absolute Gasteiger partial charge is 0.326 e. The van der Waals surface area contributed by atoms with Crippen molar-refractivity contribution in [3.63, 3.8) is 0 Å². The van der Waals surface area contributed by atoms with Crippen LogP contribution in [0.25, 0.3) is 0 Å². The van der Waals surface area contributed by atoms with E-state index in [2.05, 4.69) is 5.32 Å². The van der Waals surface area contributed by atoms with E-state index in [-0.39, 0.29) is 23.9 Å². The lowest BCUT2D eigenvalue weighted by Gasteiger charge is -2.24. The van der Waals surface area contributed by atoms with Crippen molar-refractivity contribution in [3.05, 3.63) is 59.7 Å². The zero-order chi connectivity index (χ0) is 21.5. The summed E-state index contributed by atoms with van der Waals surface area (Å²) in [6.07, 6.45) is 1.29. The van der Waals surface area contributed by atoms with Gasteiger partial charge in [-0.05, 0) is 61.6 Å². The van der Waals surface area contributed by atoms with Crippen LogP contribution >= 0.6 is 0 Å². The van der Waals surface area contributed by atoms with E-state index in [4.69, 9.17) is 4.74 Å². The summed E-state index contributed by atoms with van der Waals surface area (Å²) in [6, 6.07) is 13.4. The average Bonchev–Trinajstić information content (AvgIpc) is 3.28. The lowest BCUT2D eigenvalue weighted by molar-refractivity contribution is -0.149. The summed E-state index contributed by atoms with van der Waals surface area (Å²) in [5.41, 5.74) is 1.43. The number of amides is 2. The predicted molar refractivity (Wildman–Crippen MR) is 109 cm³/mol. The molecule has 2 N–H and O–H groups in total. The molecule has 1 saturated carbocycles. The van der Waals surface area contributed by atoms with Crippen LogP contribution in [0.5, 0.6) is 11.5 Å². The minimum atomic E-state index is -0.993. The van der Waals surface area contributed by atoms with Crippen molar-refractivity contribution in [2.24, 2.45) is 5.41 Å². The molecule has 0 bridgehead atoms. The third-order valence-electron chi connectivity index (χ3n) is 5.98. The summed E-state index contributed by atoms with van der Waals surface area (Å²) in [5.74, 6) is -0.446. The summed E-state index contributed by atoms with van der Waals surface area (Å²) in [6.45, 7) is 3.77. The number of likely N-dealkylation sites (tertiary alicyclic amines) is 1. The first-order chi connectivity index (χ1) is 14.3. The van der Waals surface area contributed by atoms with Crippen LogP contribution in [0.15, 0.2) is 48.5 Å². The molecule has 2 aromatic rings. The molecule has 30 heavy (non-hydrogen) atoms. The second-order valence-corrected chi connectivity index (χ2v) is 8.36. The van der Waals surface area contributed by atoms with Gasteiger partial charge in [-0.3, -0.25) is 9.59 Å². The number of ether oxygens (including phenoxy) is 1. The van der Waals surface area contributed by atoms with Gasteiger partial charge in [0.15, 0.2) is 0 Å². The second kappa shape index (κ2) is 7.48. The molecule has 7 nitrogen and oxygen atoms in total. The van der Waals surface area contributed by atoms with Crippen molar-refractivity contribution in [3.8, 4) is 11.5 Å². The van der Waals surface area contributed by atoms with E-state index in [0.717, 1.165) is 12.0 Å². The van der Waals surface area contributed by atoms with Crippen LogP contribution in [0.4, 0.5) is 0 Å². The molecule has 2 amide bonds. The number of benzene rings is 2. The number of aliphatic carboxylic acids is 1. The van der Waals surface area contributed by atoms with Crippen molar-refractivity contribution < 1.29 is 24.2 Å². The first-order valence-corrected chi connectivity index (χ1v) is 9.94. The third kappa shape index (κ3) is 3.87. The van der Waals surface area contributed by atoms with Gasteiger partial charge in [-0.25, -0.2) is 4.79 Å². The number of carboxylic acid groups (broad SMARTS) is 1. The zero-order valence-corrected chi connectivity index (χ0v) is 16.9. The van der Waals surface area contributed by atoms with Crippen molar-refractivity contribution >= 4 is 17.8 Å². The first kappa shape index (κ1) is 19.9. The molecule has 1 saturated heterocycles. The second-order valence-electron chi connectivity index (χ2n) is 8.36. The Hall–Kier alpha value is -3.35. The van der Waals surface area contributed by atoms with Gasteiger partial charge >= 0.3 is 5.97 Å². The Morgan fingerprint density at radius 1 is 1.07 bits per heavy atom. The fourth-order valence-corrected chi connectivity index (χ4v) is 4.11. The van der Waals surface area contributed by atoms with Crippen LogP contribution in [-0.4, -0.2) is 46.4 Å². The first-order valence-electron chi connectivity index (χ1n) is 9.94. The molecule has 4 rings (SSSR count). The van der Waals surface area contributed by atoms with Gasteiger partial charge in [0.05, 0.1) is 6.54 Å². The predicted octanol–water partition coefficient (Wildman–Crippen LogP) is 2.98. The maximum absolute atomic E-state index is 12.6. The SMILES string of the molecule is Cc1ccc(Oc2ccc(C(=O)NCC(=O)N3C(C(=O)O)CC4(C)CC34)cc2)cc1. The number of nitrogens with one attached hydrogen (secondary N) is 1. The maximum Gasteiger partial charge on any atom is 0.326 e. The average molecular weight is 408 g/mol. The van der Waals surface area contributed by atoms with E-state index < -0.39 is 17.9 Å². The number of hydrogen-bond donors (Lipinski definition) is 2. The molecule has 156 valence electrons. The number of carbonyl (C=O) groups is 3. The Bertz CT molecular complexity index is 986. The minimum Gasteiger partial charge on any atom is -0.480 e. The molecule has 1 heterocycles. The fourth-order valence-electron chi connectivity index (χ4n) is 4.11. The summed E-state index contributed by atoms with van der Waals surface area (Å²) in [4.78, 5) is 37.9. The minimum absolute atomic E-state index is 0.0405. The van der Waals surface area contributed by atoms with Crippen molar-refractivity contribution in [1.82, 2.24) is 10.2 Å². The van der Waals surface area contributed by atoms with Crippen LogP contribution in [0.1, 0.15) is 35.7 Å². The zero-order valence-electron chi connectivity index (χ0n) is 16.9. The molecule has 2 aliphatic rings. The quantitative estimate of drug-likeness (QED) is 0.766. The molecular formula is C23H24N2O5. The lowest BCUT2D eigenvalue weighted by Crippen LogP contribution is -2.47. The number of carboxylic acids is 1. The van der Waals surface area contributed by atoms with E-state index >= 15 is 0 Å². The summed E-state index contributed by atoms with van der Waals surface area (Å²) >= 11 is 0. The number of nitrogens with zero attached hydrogens (tertiary/aromatic N) is 1. The number of carbonyl (C=O) groups excluding carboxylic acids is 2. The van der Waals surface area contributed by atoms with Gasteiger partial charge in [0, 0.05) is 11.6 Å². The van der Waals surface area contributed by atoms with Gasteiger partial charge < -0.3 is 20.1 Å².